The van der Waals surface area contributed by atoms with E-state index in [1.165, 1.54) is 17.3 Å². The van der Waals surface area contributed by atoms with Crippen molar-refractivity contribution >= 4 is 23.7 Å². The molecule has 0 aromatic heterocycles. The predicted molar refractivity (Wildman–Crippen MR) is 76.7 cm³/mol. The highest BCUT2D eigenvalue weighted by Crippen LogP contribution is 2.21. The Morgan fingerprint density at radius 1 is 1.10 bits per heavy atom. The van der Waals surface area contributed by atoms with Crippen LogP contribution in [0.25, 0.3) is 0 Å². The number of carboxylic acids is 2. The fraction of sp³-hybridized carbons (Fsp3) is 0.385. The monoisotopic (exact) mass is 304 g/mol. The molecule has 0 saturated carbocycles. The van der Waals surface area contributed by atoms with Crippen molar-refractivity contribution in [3.63, 3.8) is 0 Å². The fourth-order valence-electron chi connectivity index (χ4n) is 0.811. The van der Waals surface area contributed by atoms with E-state index in [1.807, 2.05) is 31.2 Å². The SMILES string of the molecule is CC(=O)O.CC(=O)O.Cc1ccc(SC(O)CO)cc1. The predicted octanol–water partition coefficient (Wildman–Crippen LogP) is 1.58. The molecule has 0 spiro atoms. The van der Waals surface area contributed by atoms with Crippen LogP contribution in [0.5, 0.6) is 0 Å². The van der Waals surface area contributed by atoms with E-state index >= 15 is 0 Å². The summed E-state index contributed by atoms with van der Waals surface area (Å²) in [7, 11) is 0. The lowest BCUT2D eigenvalue weighted by Gasteiger charge is -2.05. The number of thioether (sulfide) groups is 1. The zero-order chi connectivity index (χ0) is 16.1. The molecule has 4 N–H and O–H groups in total. The van der Waals surface area contributed by atoms with Gasteiger partial charge in [-0.25, -0.2) is 0 Å². The molecule has 1 rings (SSSR count). The molecule has 114 valence electrons. The lowest BCUT2D eigenvalue weighted by Crippen LogP contribution is -2.05. The van der Waals surface area contributed by atoms with Crippen molar-refractivity contribution in [2.75, 3.05) is 6.61 Å². The fourth-order valence-corrected chi connectivity index (χ4v) is 1.49. The Bertz CT molecular complexity index is 370. The van der Waals surface area contributed by atoms with E-state index in [4.69, 9.17) is 30.0 Å². The van der Waals surface area contributed by atoms with Crippen LogP contribution in [0.3, 0.4) is 0 Å². The second-order valence-corrected chi connectivity index (χ2v) is 4.86. The molecule has 6 nitrogen and oxygen atoms in total. The number of hydrogen-bond donors (Lipinski definition) is 4. The number of benzene rings is 1. The smallest absolute Gasteiger partial charge is 0.300 e. The summed E-state index contributed by atoms with van der Waals surface area (Å²) in [6.45, 7) is 3.97. The van der Waals surface area contributed by atoms with Gasteiger partial charge < -0.3 is 20.4 Å². The van der Waals surface area contributed by atoms with Crippen molar-refractivity contribution in [1.29, 1.82) is 0 Å². The van der Waals surface area contributed by atoms with Gasteiger partial charge in [0.1, 0.15) is 5.44 Å². The number of carboxylic acid groups (broad SMARTS) is 2. The highest BCUT2D eigenvalue weighted by atomic mass is 32.2. The van der Waals surface area contributed by atoms with Gasteiger partial charge in [-0.3, -0.25) is 9.59 Å². The van der Waals surface area contributed by atoms with Crippen LogP contribution < -0.4 is 0 Å². The van der Waals surface area contributed by atoms with Crippen LogP contribution in [0.2, 0.25) is 0 Å². The molecule has 0 aliphatic rings. The number of carbonyl (C=O) groups is 2. The number of aryl methyl sites for hydroxylation is 1. The van der Waals surface area contributed by atoms with Gasteiger partial charge in [-0.05, 0) is 19.1 Å². The van der Waals surface area contributed by atoms with E-state index in [0.717, 1.165) is 18.7 Å². The summed E-state index contributed by atoms with van der Waals surface area (Å²) in [5.41, 5.74) is 0.477. The second kappa shape index (κ2) is 12.5. The maximum Gasteiger partial charge on any atom is 0.300 e. The van der Waals surface area contributed by atoms with Gasteiger partial charge in [0.2, 0.25) is 0 Å². The number of aliphatic hydroxyl groups excluding tert-OH is 2. The van der Waals surface area contributed by atoms with E-state index in [0.29, 0.717) is 0 Å². The van der Waals surface area contributed by atoms with Crippen LogP contribution in [0.4, 0.5) is 0 Å². The molecule has 1 aromatic rings. The molecule has 20 heavy (non-hydrogen) atoms. The minimum Gasteiger partial charge on any atom is -0.481 e. The lowest BCUT2D eigenvalue weighted by molar-refractivity contribution is -0.135. The van der Waals surface area contributed by atoms with Crippen LogP contribution in [-0.4, -0.2) is 44.4 Å². The van der Waals surface area contributed by atoms with Crippen LogP contribution in [-0.2, 0) is 9.59 Å². The molecule has 0 fully saturated rings. The summed E-state index contributed by atoms with van der Waals surface area (Å²) in [6, 6.07) is 7.82. The summed E-state index contributed by atoms with van der Waals surface area (Å²) in [5.74, 6) is -1.67. The molecular weight excluding hydrogens is 284 g/mol. The minimum absolute atomic E-state index is 0.210. The number of hydrogen-bond acceptors (Lipinski definition) is 5. The van der Waals surface area contributed by atoms with Crippen LogP contribution >= 0.6 is 11.8 Å². The summed E-state index contributed by atoms with van der Waals surface area (Å²) in [4.78, 5) is 19.0. The highest BCUT2D eigenvalue weighted by molar-refractivity contribution is 7.99. The van der Waals surface area contributed by atoms with Gasteiger partial charge in [0.05, 0.1) is 6.61 Å². The topological polar surface area (TPSA) is 115 Å². The lowest BCUT2D eigenvalue weighted by atomic mass is 10.2. The van der Waals surface area contributed by atoms with E-state index < -0.39 is 17.4 Å². The Morgan fingerprint density at radius 2 is 1.45 bits per heavy atom. The van der Waals surface area contributed by atoms with Crippen molar-refractivity contribution in [2.24, 2.45) is 0 Å². The molecule has 0 radical (unpaired) electrons. The van der Waals surface area contributed by atoms with Gasteiger partial charge >= 0.3 is 0 Å². The maximum absolute atomic E-state index is 9.09. The van der Waals surface area contributed by atoms with E-state index in [9.17, 15) is 0 Å². The molecule has 0 amide bonds. The molecule has 0 bridgehead atoms. The van der Waals surface area contributed by atoms with Gasteiger partial charge in [0.25, 0.3) is 11.9 Å². The summed E-state index contributed by atoms with van der Waals surface area (Å²) in [5, 5.41) is 32.5. The molecule has 1 atom stereocenters. The van der Waals surface area contributed by atoms with Crippen molar-refractivity contribution < 1.29 is 30.0 Å². The van der Waals surface area contributed by atoms with E-state index in [1.54, 1.807) is 0 Å². The third-order valence-corrected chi connectivity index (χ3v) is 2.41. The first-order chi connectivity index (χ1) is 9.18. The third-order valence-electron chi connectivity index (χ3n) is 1.45. The van der Waals surface area contributed by atoms with Crippen molar-refractivity contribution in [1.82, 2.24) is 0 Å². The Kier molecular flexibility index (Phi) is 12.9. The quantitative estimate of drug-likeness (QED) is 0.495. The standard InChI is InChI=1S/C9H12O2S.2C2H4O2/c1-7-2-4-8(5-3-7)12-9(11)6-10;2*1-2(3)4/h2-5,9-11H,6H2,1H3;2*1H3,(H,3,4). The molecule has 1 aromatic carbocycles. The van der Waals surface area contributed by atoms with Gasteiger partial charge in [0, 0.05) is 18.7 Å². The van der Waals surface area contributed by atoms with Gasteiger partial charge in [-0.1, -0.05) is 29.5 Å². The molecule has 1 unspecified atom stereocenters. The molecular formula is C13H20O6S. The Labute approximate surface area is 122 Å². The van der Waals surface area contributed by atoms with Gasteiger partial charge in [-0.15, -0.1) is 0 Å². The first-order valence-corrected chi connectivity index (χ1v) is 6.48. The van der Waals surface area contributed by atoms with Crippen LogP contribution in [0.15, 0.2) is 29.2 Å². The first-order valence-electron chi connectivity index (χ1n) is 5.60. The van der Waals surface area contributed by atoms with E-state index in [-0.39, 0.29) is 6.61 Å². The van der Waals surface area contributed by atoms with Crippen molar-refractivity contribution in [3.8, 4) is 0 Å². The first kappa shape index (κ1) is 20.7. The highest BCUT2D eigenvalue weighted by Gasteiger charge is 2.02. The molecule has 0 saturated heterocycles. The van der Waals surface area contributed by atoms with Gasteiger partial charge in [-0.2, -0.15) is 0 Å². The number of aliphatic hydroxyl groups is 2. The Balaban J connectivity index is 0. The van der Waals surface area contributed by atoms with Crippen LogP contribution in [0, 0.1) is 6.92 Å². The zero-order valence-electron chi connectivity index (χ0n) is 11.6. The van der Waals surface area contributed by atoms with Crippen molar-refractivity contribution in [3.05, 3.63) is 29.8 Å². The largest absolute Gasteiger partial charge is 0.481 e. The minimum atomic E-state index is -0.833. The third kappa shape index (κ3) is 18.8. The Morgan fingerprint density at radius 3 is 1.75 bits per heavy atom. The van der Waals surface area contributed by atoms with Gasteiger partial charge in [0.15, 0.2) is 0 Å². The zero-order valence-corrected chi connectivity index (χ0v) is 12.4. The summed E-state index contributed by atoms with van der Waals surface area (Å²) >= 11 is 1.26. The maximum atomic E-state index is 9.09. The molecule has 0 aliphatic heterocycles. The van der Waals surface area contributed by atoms with Crippen LogP contribution in [0.1, 0.15) is 19.4 Å². The molecule has 7 heteroatoms. The number of aliphatic carboxylic acids is 2. The molecule has 0 aliphatic carbocycles. The second-order valence-electron chi connectivity index (χ2n) is 3.61. The summed E-state index contributed by atoms with van der Waals surface area (Å²) < 4.78 is 0. The molecule has 0 heterocycles. The van der Waals surface area contributed by atoms with Crippen molar-refractivity contribution in [2.45, 2.75) is 31.1 Å². The Hall–Kier alpha value is -1.57. The summed E-state index contributed by atoms with van der Waals surface area (Å²) in [6.07, 6.45) is 0. The van der Waals surface area contributed by atoms with E-state index in [2.05, 4.69) is 0 Å². The average molecular weight is 304 g/mol. The average Bonchev–Trinajstić information content (AvgIpc) is 2.30. The number of rotatable bonds is 3. The normalized spacial score (nSPS) is 10.2.